The molecule has 2 aliphatic carbocycles. The van der Waals surface area contributed by atoms with Crippen LogP contribution in [0.1, 0.15) is 32.8 Å². The van der Waals surface area contributed by atoms with Crippen molar-refractivity contribution in [2.24, 2.45) is 11.8 Å². The number of ether oxygens (including phenoxy) is 1. The van der Waals surface area contributed by atoms with Gasteiger partial charge in [-0.2, -0.15) is 0 Å². The molecule has 1 aromatic carbocycles. The molecule has 0 radical (unpaired) electrons. The van der Waals surface area contributed by atoms with E-state index in [9.17, 15) is 37.1 Å². The van der Waals surface area contributed by atoms with Crippen LogP contribution >= 0.6 is 0 Å². The summed E-state index contributed by atoms with van der Waals surface area (Å²) in [4.78, 5) is 39.6. The molecule has 178 valence electrons. The predicted molar refractivity (Wildman–Crippen MR) is 105 cm³/mol. The topological polar surface area (TPSA) is 101 Å². The minimum atomic E-state index is -2.91. The lowest BCUT2D eigenvalue weighted by atomic mass is 10.0. The number of hydrogen-bond donors (Lipinski definition) is 2. The molecule has 5 unspecified atom stereocenters. The van der Waals surface area contributed by atoms with Crippen LogP contribution in [0.15, 0.2) is 29.2 Å². The summed E-state index contributed by atoms with van der Waals surface area (Å²) >= 11 is 0. The van der Waals surface area contributed by atoms with Gasteiger partial charge in [-0.15, -0.1) is 0 Å². The molecule has 2 amide bonds. The SMILES string of the molecule is O=C(NCc1ccc(F)cc1F)c1cn2c(c(O)c1=O)C(=O)N1C(C2)OC2CC1C1C2C1(F)F. The Bertz CT molecular complexity index is 1330. The first-order chi connectivity index (χ1) is 16.1. The van der Waals surface area contributed by atoms with Crippen LogP contribution in [-0.4, -0.2) is 50.7 Å². The number of hydrogen-bond acceptors (Lipinski definition) is 5. The lowest BCUT2D eigenvalue weighted by Gasteiger charge is -2.46. The second-order valence-electron chi connectivity index (χ2n) is 9.01. The molecule has 2 N–H and O–H groups in total. The summed E-state index contributed by atoms with van der Waals surface area (Å²) < 4.78 is 62.0. The van der Waals surface area contributed by atoms with Crippen molar-refractivity contribution in [3.05, 3.63) is 63.1 Å². The highest BCUT2D eigenvalue weighted by atomic mass is 19.3. The molecular weight excluding hydrogens is 462 g/mol. The van der Waals surface area contributed by atoms with Gasteiger partial charge < -0.3 is 24.6 Å². The minimum Gasteiger partial charge on any atom is -0.503 e. The van der Waals surface area contributed by atoms with Crippen molar-refractivity contribution in [1.82, 2.24) is 14.8 Å². The number of alkyl halides is 2. The number of carbonyl (C=O) groups excluding carboxylic acids is 2. The standard InChI is InChI=1S/C22H17F4N3O5/c23-9-2-1-8(11(24)3-9)5-27-20(32)10-6-28-7-14-29(21(33)17(28)19(31)18(10)30)12-4-13(34-14)16-15(12)22(16,25)26/h1-3,6,12-16,31H,4-5,7H2,(H,27,32). The van der Waals surface area contributed by atoms with Gasteiger partial charge in [0.15, 0.2) is 17.7 Å². The van der Waals surface area contributed by atoms with E-state index in [0.29, 0.717) is 6.07 Å². The summed E-state index contributed by atoms with van der Waals surface area (Å²) in [5, 5.41) is 12.8. The Morgan fingerprint density at radius 2 is 2.00 bits per heavy atom. The number of aromatic nitrogens is 1. The maximum atomic E-state index is 14.1. The molecule has 1 saturated heterocycles. The van der Waals surface area contributed by atoms with E-state index in [2.05, 4.69) is 5.32 Å². The number of benzene rings is 1. The molecule has 2 saturated carbocycles. The fourth-order valence-corrected chi connectivity index (χ4v) is 5.61. The molecule has 34 heavy (non-hydrogen) atoms. The first kappa shape index (κ1) is 21.1. The van der Waals surface area contributed by atoms with E-state index >= 15 is 0 Å². The number of halogens is 4. The van der Waals surface area contributed by atoms with Gasteiger partial charge in [0.1, 0.15) is 17.2 Å². The number of amides is 2. The first-order valence-corrected chi connectivity index (χ1v) is 10.6. The number of aromatic hydroxyl groups is 1. The quantitative estimate of drug-likeness (QED) is 0.652. The molecule has 0 spiro atoms. The van der Waals surface area contributed by atoms with Crippen LogP contribution in [0.3, 0.4) is 0 Å². The third kappa shape index (κ3) is 2.77. The molecule has 8 nitrogen and oxygen atoms in total. The average molecular weight is 479 g/mol. The van der Waals surface area contributed by atoms with Crippen LogP contribution in [0.2, 0.25) is 0 Å². The number of nitrogens with zero attached hydrogens (tertiary/aromatic N) is 2. The monoisotopic (exact) mass is 479 g/mol. The maximum Gasteiger partial charge on any atom is 0.276 e. The molecule has 3 fully saturated rings. The van der Waals surface area contributed by atoms with E-state index in [-0.39, 0.29) is 25.1 Å². The van der Waals surface area contributed by atoms with Gasteiger partial charge in [-0.25, -0.2) is 17.6 Å². The fourth-order valence-electron chi connectivity index (χ4n) is 5.61. The Morgan fingerprint density at radius 1 is 1.24 bits per heavy atom. The van der Waals surface area contributed by atoms with Crippen molar-refractivity contribution >= 4 is 11.8 Å². The number of fused-ring (bicyclic) bond motifs is 8. The van der Waals surface area contributed by atoms with Crippen LogP contribution in [0.4, 0.5) is 17.6 Å². The summed E-state index contributed by atoms with van der Waals surface area (Å²) in [6, 6.07) is 2.04. The highest BCUT2D eigenvalue weighted by molar-refractivity contribution is 5.99. The number of carbonyl (C=O) groups is 2. The zero-order valence-electron chi connectivity index (χ0n) is 17.3. The second-order valence-corrected chi connectivity index (χ2v) is 9.01. The lowest BCUT2D eigenvalue weighted by molar-refractivity contribution is -0.163. The van der Waals surface area contributed by atoms with E-state index < -0.39 is 82.0 Å². The zero-order chi connectivity index (χ0) is 24.1. The zero-order valence-corrected chi connectivity index (χ0v) is 17.3. The van der Waals surface area contributed by atoms with Crippen LogP contribution < -0.4 is 10.7 Å². The third-order valence-electron chi connectivity index (χ3n) is 7.20. The summed E-state index contributed by atoms with van der Waals surface area (Å²) in [5.41, 5.74) is -2.06. The summed E-state index contributed by atoms with van der Waals surface area (Å²) in [7, 11) is 0. The summed E-state index contributed by atoms with van der Waals surface area (Å²) in [6.07, 6.45) is -0.225. The fraction of sp³-hybridized carbons (Fsp3) is 0.409. The highest BCUT2D eigenvalue weighted by Gasteiger charge is 2.80. The van der Waals surface area contributed by atoms with Crippen LogP contribution in [0.5, 0.6) is 5.75 Å². The third-order valence-corrected chi connectivity index (χ3v) is 7.20. The van der Waals surface area contributed by atoms with Gasteiger partial charge in [-0.1, -0.05) is 6.07 Å². The van der Waals surface area contributed by atoms with Crippen molar-refractivity contribution < 1.29 is 37.0 Å². The van der Waals surface area contributed by atoms with Crippen molar-refractivity contribution in [3.8, 4) is 5.75 Å². The van der Waals surface area contributed by atoms with E-state index in [1.807, 2.05) is 0 Å². The Kier molecular flexibility index (Phi) is 4.24. The number of pyridine rings is 1. The van der Waals surface area contributed by atoms with Crippen molar-refractivity contribution in [3.63, 3.8) is 0 Å². The molecule has 2 aromatic rings. The molecule has 3 heterocycles. The van der Waals surface area contributed by atoms with Crippen molar-refractivity contribution in [2.75, 3.05) is 0 Å². The molecular formula is C22H17F4N3O5. The van der Waals surface area contributed by atoms with Gasteiger partial charge in [-0.05, 0) is 12.5 Å². The van der Waals surface area contributed by atoms with Gasteiger partial charge in [0.25, 0.3) is 17.7 Å². The largest absolute Gasteiger partial charge is 0.503 e. The normalized spacial score (nSPS) is 29.8. The molecule has 1 aromatic heterocycles. The Hall–Kier alpha value is -3.41. The van der Waals surface area contributed by atoms with Crippen LogP contribution in [0.25, 0.3) is 0 Å². The lowest BCUT2D eigenvalue weighted by Crippen LogP contribution is -2.59. The number of rotatable bonds is 3. The van der Waals surface area contributed by atoms with Gasteiger partial charge in [0.05, 0.1) is 24.5 Å². The molecule has 2 aliphatic heterocycles. The Balaban J connectivity index is 1.29. The summed E-state index contributed by atoms with van der Waals surface area (Å²) in [6.45, 7) is -0.425. The van der Waals surface area contributed by atoms with Gasteiger partial charge in [0.2, 0.25) is 5.43 Å². The molecule has 12 heteroatoms. The van der Waals surface area contributed by atoms with E-state index in [1.165, 1.54) is 9.47 Å². The molecule has 5 atom stereocenters. The van der Waals surface area contributed by atoms with Gasteiger partial charge in [0, 0.05) is 30.4 Å². The van der Waals surface area contributed by atoms with Gasteiger partial charge in [-0.3, -0.25) is 14.4 Å². The van der Waals surface area contributed by atoms with E-state index in [1.54, 1.807) is 0 Å². The minimum absolute atomic E-state index is 0.0238. The molecule has 4 aliphatic rings. The van der Waals surface area contributed by atoms with Crippen LogP contribution in [0, 0.1) is 23.5 Å². The van der Waals surface area contributed by atoms with Crippen molar-refractivity contribution in [2.45, 2.75) is 43.8 Å². The van der Waals surface area contributed by atoms with E-state index in [0.717, 1.165) is 18.3 Å². The highest BCUT2D eigenvalue weighted by Crippen LogP contribution is 2.68. The molecule has 6 rings (SSSR count). The van der Waals surface area contributed by atoms with Crippen LogP contribution in [-0.2, 0) is 17.8 Å². The second kappa shape index (κ2) is 6.81. The van der Waals surface area contributed by atoms with Crippen molar-refractivity contribution in [1.29, 1.82) is 0 Å². The maximum absolute atomic E-state index is 14.1. The van der Waals surface area contributed by atoms with Gasteiger partial charge >= 0.3 is 0 Å². The number of nitrogens with one attached hydrogen (secondary N) is 1. The average Bonchev–Trinajstić information content (AvgIpc) is 3.20. The first-order valence-electron chi connectivity index (χ1n) is 10.6. The Labute approximate surface area is 188 Å². The smallest absolute Gasteiger partial charge is 0.276 e. The van der Waals surface area contributed by atoms with E-state index in [4.69, 9.17) is 4.74 Å². The predicted octanol–water partition coefficient (Wildman–Crippen LogP) is 1.60. The molecule has 2 bridgehead atoms. The summed E-state index contributed by atoms with van der Waals surface area (Å²) in [5.74, 6) is -9.30. The Morgan fingerprint density at radius 3 is 2.74 bits per heavy atom.